The van der Waals surface area contributed by atoms with Gasteiger partial charge in [0.1, 0.15) is 0 Å². The largest absolute Gasteiger partial charge is 0.416 e. The van der Waals surface area contributed by atoms with Crippen LogP contribution in [0.5, 0.6) is 0 Å². The van der Waals surface area contributed by atoms with Crippen molar-refractivity contribution in [3.63, 3.8) is 0 Å². The van der Waals surface area contributed by atoms with Crippen molar-refractivity contribution in [2.24, 2.45) is 0 Å². The van der Waals surface area contributed by atoms with E-state index in [2.05, 4.69) is 4.85 Å². The van der Waals surface area contributed by atoms with Gasteiger partial charge in [-0.25, -0.2) is 4.85 Å². The summed E-state index contributed by atoms with van der Waals surface area (Å²) in [4.78, 5) is 15.5. The van der Waals surface area contributed by atoms with Crippen LogP contribution in [0.4, 0.5) is 32.0 Å². The molecule has 0 radical (unpaired) electrons. The Bertz CT molecular complexity index is 1170. The Hall–Kier alpha value is -3.54. The van der Waals surface area contributed by atoms with E-state index in [1.807, 2.05) is 0 Å². The lowest BCUT2D eigenvalue weighted by molar-refractivity contribution is -0.138. The number of pyridine rings is 1. The molecule has 0 unspecified atom stereocenters. The molecule has 0 aliphatic rings. The van der Waals surface area contributed by atoms with Crippen LogP contribution in [0.2, 0.25) is 0 Å². The topological polar surface area (TPSA) is 26.4 Å². The Kier molecular flexibility index (Phi) is 5.44. The molecule has 0 spiro atoms. The monoisotopic (exact) mass is 422 g/mol. The second-order valence-electron chi connectivity index (χ2n) is 6.36. The molecule has 0 bridgehead atoms. The van der Waals surface area contributed by atoms with E-state index in [1.54, 1.807) is 30.3 Å². The first-order valence-electron chi connectivity index (χ1n) is 8.46. The molecule has 2 aromatic carbocycles. The Labute approximate surface area is 166 Å². The van der Waals surface area contributed by atoms with Crippen molar-refractivity contribution >= 4 is 5.69 Å². The average molecular weight is 422 g/mol. The lowest BCUT2D eigenvalue weighted by atomic mass is 10.0. The number of benzene rings is 2. The molecule has 1 aromatic heterocycles. The summed E-state index contributed by atoms with van der Waals surface area (Å²) < 4.78 is 80.6. The van der Waals surface area contributed by atoms with Gasteiger partial charge in [0.2, 0.25) is 0 Å². The summed E-state index contributed by atoms with van der Waals surface area (Å²) in [5.74, 6) is 0. The number of nitrogens with zero attached hydrogens (tertiary/aromatic N) is 2. The minimum Gasteiger partial charge on any atom is -0.313 e. The van der Waals surface area contributed by atoms with Gasteiger partial charge in [0, 0.05) is 12.2 Å². The molecule has 3 rings (SSSR count). The van der Waals surface area contributed by atoms with E-state index in [-0.39, 0.29) is 17.8 Å². The summed E-state index contributed by atoms with van der Waals surface area (Å²) in [6.07, 6.45) is -9.74. The fourth-order valence-electron chi connectivity index (χ4n) is 2.98. The van der Waals surface area contributed by atoms with Crippen molar-refractivity contribution < 1.29 is 26.3 Å². The van der Waals surface area contributed by atoms with Crippen LogP contribution < -0.4 is 5.56 Å². The molecule has 0 aliphatic carbocycles. The molecule has 0 saturated heterocycles. The highest BCUT2D eigenvalue weighted by atomic mass is 19.4. The number of halogens is 6. The summed E-state index contributed by atoms with van der Waals surface area (Å²) in [6.45, 7) is 6.82. The molecule has 30 heavy (non-hydrogen) atoms. The summed E-state index contributed by atoms with van der Waals surface area (Å²) in [6, 6.07) is 12.4. The minimum atomic E-state index is -5.03. The first-order valence-corrected chi connectivity index (χ1v) is 8.46. The Morgan fingerprint density at radius 1 is 0.867 bits per heavy atom. The summed E-state index contributed by atoms with van der Waals surface area (Å²) in [7, 11) is 0. The lowest BCUT2D eigenvalue weighted by Crippen LogP contribution is -2.25. The zero-order valence-corrected chi connectivity index (χ0v) is 15.1. The molecule has 9 heteroatoms. The van der Waals surface area contributed by atoms with Gasteiger partial charge in [-0.3, -0.25) is 4.79 Å². The maximum atomic E-state index is 13.5. The third-order valence-electron chi connectivity index (χ3n) is 4.36. The number of aromatic nitrogens is 1. The van der Waals surface area contributed by atoms with Gasteiger partial charge in [0.15, 0.2) is 0 Å². The molecule has 0 fully saturated rings. The molecule has 3 aromatic rings. The van der Waals surface area contributed by atoms with Gasteiger partial charge in [-0.05, 0) is 29.3 Å². The maximum absolute atomic E-state index is 13.5. The molecule has 0 saturated carbocycles. The predicted octanol–water partition coefficient (Wildman–Crippen LogP) is 6.15. The first-order chi connectivity index (χ1) is 14.0. The van der Waals surface area contributed by atoms with Crippen molar-refractivity contribution in [1.29, 1.82) is 0 Å². The van der Waals surface area contributed by atoms with Gasteiger partial charge < -0.3 is 4.57 Å². The fourth-order valence-corrected chi connectivity index (χ4v) is 2.98. The molecule has 0 N–H and O–H groups in total. The second kappa shape index (κ2) is 7.71. The maximum Gasteiger partial charge on any atom is 0.416 e. The predicted molar refractivity (Wildman–Crippen MR) is 97.9 cm³/mol. The van der Waals surface area contributed by atoms with Crippen LogP contribution in [-0.2, 0) is 18.9 Å². The van der Waals surface area contributed by atoms with Gasteiger partial charge in [-0.2, -0.15) is 26.3 Å². The highest BCUT2D eigenvalue weighted by Crippen LogP contribution is 2.38. The van der Waals surface area contributed by atoms with Crippen LogP contribution in [-0.4, -0.2) is 4.57 Å². The number of hydrogen-bond acceptors (Lipinski definition) is 1. The van der Waals surface area contributed by atoms with Crippen molar-refractivity contribution in [3.05, 3.63) is 99.1 Å². The van der Waals surface area contributed by atoms with Crippen LogP contribution >= 0.6 is 0 Å². The normalized spacial score (nSPS) is 11.9. The molecule has 3 nitrogen and oxygen atoms in total. The van der Waals surface area contributed by atoms with E-state index in [1.165, 1.54) is 6.07 Å². The number of hydrogen-bond donors (Lipinski definition) is 0. The smallest absolute Gasteiger partial charge is 0.313 e. The lowest BCUT2D eigenvalue weighted by Gasteiger charge is -2.19. The highest BCUT2D eigenvalue weighted by Gasteiger charge is 2.37. The zero-order chi connectivity index (χ0) is 22.1. The Balaban J connectivity index is 2.33. The quantitative estimate of drug-likeness (QED) is 0.367. The van der Waals surface area contributed by atoms with Crippen LogP contribution in [0.3, 0.4) is 0 Å². The Morgan fingerprint density at radius 3 is 2.10 bits per heavy atom. The Morgan fingerprint density at radius 2 is 1.53 bits per heavy atom. The van der Waals surface area contributed by atoms with Gasteiger partial charge in [0.05, 0.1) is 17.7 Å². The van der Waals surface area contributed by atoms with E-state index >= 15 is 0 Å². The minimum absolute atomic E-state index is 0.216. The van der Waals surface area contributed by atoms with Crippen molar-refractivity contribution in [2.45, 2.75) is 18.9 Å². The standard InChI is InChI=1S/C21H12F6N2O/c1-28-18-16(21(25,26)27)11-17(14-8-5-9-15(10-14)20(22,23)24)29(19(18)30)12-13-6-3-2-4-7-13/h2-11H,12H2. The molecular formula is C21H12F6N2O. The summed E-state index contributed by atoms with van der Waals surface area (Å²) in [5.41, 5.74) is -4.97. The van der Waals surface area contributed by atoms with E-state index in [9.17, 15) is 31.1 Å². The SMILES string of the molecule is [C-]#[N+]c1c(C(F)(F)F)cc(-c2cccc(C(F)(F)F)c2)n(Cc2ccccc2)c1=O. The molecular weight excluding hydrogens is 410 g/mol. The molecule has 0 atom stereocenters. The van der Waals surface area contributed by atoms with E-state index < -0.39 is 34.7 Å². The van der Waals surface area contributed by atoms with Crippen LogP contribution in [0.1, 0.15) is 16.7 Å². The van der Waals surface area contributed by atoms with Crippen LogP contribution in [0, 0.1) is 6.57 Å². The van der Waals surface area contributed by atoms with Gasteiger partial charge in [0.25, 0.3) is 11.2 Å². The van der Waals surface area contributed by atoms with E-state index in [0.29, 0.717) is 17.7 Å². The molecule has 0 aliphatic heterocycles. The van der Waals surface area contributed by atoms with Gasteiger partial charge in [-0.1, -0.05) is 42.5 Å². The fraction of sp³-hybridized carbons (Fsp3) is 0.143. The average Bonchev–Trinajstić information content (AvgIpc) is 2.68. The van der Waals surface area contributed by atoms with Crippen LogP contribution in [0.15, 0.2) is 65.5 Å². The first kappa shape index (κ1) is 21.2. The zero-order valence-electron chi connectivity index (χ0n) is 15.1. The van der Waals surface area contributed by atoms with E-state index in [0.717, 1.165) is 16.7 Å². The van der Waals surface area contributed by atoms with E-state index in [4.69, 9.17) is 6.57 Å². The third kappa shape index (κ3) is 4.22. The summed E-state index contributed by atoms with van der Waals surface area (Å²) >= 11 is 0. The van der Waals surface area contributed by atoms with Crippen molar-refractivity contribution in [2.75, 3.05) is 0 Å². The summed E-state index contributed by atoms with van der Waals surface area (Å²) in [5, 5.41) is 0. The molecule has 0 amide bonds. The van der Waals surface area contributed by atoms with Crippen LogP contribution in [0.25, 0.3) is 16.1 Å². The number of rotatable bonds is 3. The second-order valence-corrected chi connectivity index (χ2v) is 6.36. The molecule has 1 heterocycles. The molecule has 154 valence electrons. The van der Waals surface area contributed by atoms with Crippen molar-refractivity contribution in [3.8, 4) is 11.3 Å². The van der Waals surface area contributed by atoms with Crippen molar-refractivity contribution in [1.82, 2.24) is 4.57 Å². The number of alkyl halides is 6. The third-order valence-corrected chi connectivity index (χ3v) is 4.36. The van der Waals surface area contributed by atoms with Gasteiger partial charge in [-0.15, -0.1) is 0 Å². The highest BCUT2D eigenvalue weighted by molar-refractivity contribution is 5.66. The van der Waals surface area contributed by atoms with Gasteiger partial charge >= 0.3 is 12.4 Å².